The van der Waals surface area contributed by atoms with Crippen molar-refractivity contribution < 1.29 is 14.7 Å². The van der Waals surface area contributed by atoms with Crippen LogP contribution in [0.1, 0.15) is 117 Å². The predicted molar refractivity (Wildman–Crippen MR) is 111 cm³/mol. The molecule has 0 aromatic carbocycles. The van der Waals surface area contributed by atoms with Gasteiger partial charge in [0.05, 0.1) is 0 Å². The van der Waals surface area contributed by atoms with Crippen molar-refractivity contribution in [2.75, 3.05) is 0 Å². The molecular weight excluding hydrogens is 337 g/mol. The van der Waals surface area contributed by atoms with Crippen LogP contribution in [0.3, 0.4) is 0 Å². The average Bonchev–Trinajstić information content (AvgIpc) is 2.58. The van der Waals surface area contributed by atoms with Gasteiger partial charge in [-0.25, -0.2) is 0 Å². The molecule has 0 aliphatic heterocycles. The van der Waals surface area contributed by atoms with Crippen molar-refractivity contribution in [2.24, 2.45) is 0 Å². The number of carbonyl (C=O) groups is 2. The molecule has 0 saturated heterocycles. The number of amides is 1. The molecule has 149 valence electrons. The summed E-state index contributed by atoms with van der Waals surface area (Å²) in [5, 5.41) is 11.2. The second kappa shape index (κ2) is 21.2. The zero-order valence-electron chi connectivity index (χ0n) is 17.7. The first-order valence-corrected chi connectivity index (χ1v) is 10.6. The molecule has 0 spiro atoms. The largest absolute Gasteiger partial charge is 0.480 e. The minimum atomic E-state index is -0.982. The smallest absolute Gasteiger partial charge is 0.325 e. The van der Waals surface area contributed by atoms with Crippen LogP contribution in [0.5, 0.6) is 0 Å². The summed E-state index contributed by atoms with van der Waals surface area (Å²) in [5.74, 6) is -1.13. The number of carboxylic acid groups (broad SMARTS) is 1. The molecule has 1 amide bonds. The van der Waals surface area contributed by atoms with E-state index in [1.165, 1.54) is 90.4 Å². The fourth-order valence-corrected chi connectivity index (χ4v) is 3.03. The predicted octanol–water partition coefficient (Wildman–Crippen LogP) is 5.46. The topological polar surface area (TPSA) is 66.4 Å². The van der Waals surface area contributed by atoms with Gasteiger partial charge in [-0.05, 0) is 13.3 Å². The Morgan fingerprint density at radius 3 is 1.42 bits per heavy atom. The second-order valence-corrected chi connectivity index (χ2v) is 7.33. The zero-order chi connectivity index (χ0) is 18.8. The number of hydrogen-bond acceptors (Lipinski definition) is 2. The number of unbranched alkanes of at least 4 members (excludes halogenated alkanes) is 14. The second-order valence-electron chi connectivity index (χ2n) is 7.33. The van der Waals surface area contributed by atoms with Gasteiger partial charge in [0.15, 0.2) is 0 Å². The van der Waals surface area contributed by atoms with Gasteiger partial charge in [-0.2, -0.15) is 0 Å². The maximum absolute atomic E-state index is 11.5. The number of hydrogen-bond donors (Lipinski definition) is 2. The van der Waals surface area contributed by atoms with Crippen molar-refractivity contribution in [2.45, 2.75) is 123 Å². The molecule has 0 aromatic rings. The third kappa shape index (κ3) is 20.3. The molecule has 0 aromatic heterocycles. The third-order valence-electron chi connectivity index (χ3n) is 4.76. The fraction of sp³-hybridized carbons (Fsp3) is 0.905. The van der Waals surface area contributed by atoms with Crippen LogP contribution in [0.2, 0.25) is 0 Å². The maximum atomic E-state index is 11.5. The summed E-state index contributed by atoms with van der Waals surface area (Å²) < 4.78 is 0. The van der Waals surface area contributed by atoms with Crippen molar-refractivity contribution in [3.8, 4) is 0 Å². The fourth-order valence-electron chi connectivity index (χ4n) is 3.03. The molecule has 0 fully saturated rings. The quantitative estimate of drug-likeness (QED) is 0.246. The van der Waals surface area contributed by atoms with Crippen LogP contribution in [0, 0.1) is 0 Å². The van der Waals surface area contributed by atoms with E-state index >= 15 is 0 Å². The van der Waals surface area contributed by atoms with Gasteiger partial charge in [0.2, 0.25) is 5.91 Å². The Balaban J connectivity index is 0. The first-order chi connectivity index (χ1) is 12.1. The maximum Gasteiger partial charge on any atom is 0.325 e. The summed E-state index contributed by atoms with van der Waals surface area (Å²) in [5.41, 5.74) is 0. The van der Waals surface area contributed by atoms with Gasteiger partial charge in [0, 0.05) is 36.0 Å². The van der Waals surface area contributed by atoms with Gasteiger partial charge in [0.25, 0.3) is 0 Å². The van der Waals surface area contributed by atoms with Crippen LogP contribution < -0.4 is 5.32 Å². The Hall–Kier alpha value is -0.0600. The SMILES string of the molecule is CCCCCCCCCCCCCCCCCC(=O)NC(C)C(=O)O.[Na]. The van der Waals surface area contributed by atoms with Crippen LogP contribution in [0.4, 0.5) is 0 Å². The van der Waals surface area contributed by atoms with E-state index in [9.17, 15) is 9.59 Å². The van der Waals surface area contributed by atoms with E-state index in [2.05, 4.69) is 12.2 Å². The van der Waals surface area contributed by atoms with Gasteiger partial charge in [0.1, 0.15) is 6.04 Å². The first kappa shape index (κ1) is 28.2. The summed E-state index contributed by atoms with van der Waals surface area (Å²) in [4.78, 5) is 22.2. The summed E-state index contributed by atoms with van der Waals surface area (Å²) >= 11 is 0. The Labute approximate surface area is 183 Å². The van der Waals surface area contributed by atoms with E-state index in [4.69, 9.17) is 5.11 Å². The van der Waals surface area contributed by atoms with Crippen LogP contribution >= 0.6 is 0 Å². The minimum Gasteiger partial charge on any atom is -0.480 e. The molecule has 1 radical (unpaired) electrons. The number of carbonyl (C=O) groups excluding carboxylic acids is 1. The van der Waals surface area contributed by atoms with Crippen molar-refractivity contribution in [3.63, 3.8) is 0 Å². The Kier molecular flexibility index (Phi) is 23.0. The van der Waals surface area contributed by atoms with Crippen molar-refractivity contribution in [1.29, 1.82) is 0 Å². The molecular formula is C21H41NNaO3. The molecule has 26 heavy (non-hydrogen) atoms. The number of carboxylic acids is 1. The van der Waals surface area contributed by atoms with Gasteiger partial charge in [-0.15, -0.1) is 0 Å². The van der Waals surface area contributed by atoms with Crippen molar-refractivity contribution in [3.05, 3.63) is 0 Å². The molecule has 0 rings (SSSR count). The molecule has 0 heterocycles. The van der Waals surface area contributed by atoms with E-state index < -0.39 is 12.0 Å². The first-order valence-electron chi connectivity index (χ1n) is 10.6. The van der Waals surface area contributed by atoms with E-state index in [-0.39, 0.29) is 35.5 Å². The number of rotatable bonds is 18. The Bertz CT molecular complexity index is 337. The number of nitrogens with one attached hydrogen (secondary N) is 1. The molecule has 5 heteroatoms. The monoisotopic (exact) mass is 378 g/mol. The van der Waals surface area contributed by atoms with Crippen LogP contribution in [-0.4, -0.2) is 52.6 Å². The Morgan fingerprint density at radius 1 is 0.731 bits per heavy atom. The van der Waals surface area contributed by atoms with Crippen molar-refractivity contribution in [1.82, 2.24) is 5.32 Å². The molecule has 1 unspecified atom stereocenters. The standard InChI is InChI=1S/C21H41NO3.Na/c1-3-4-5-6-7-8-9-10-11-12-13-14-15-16-17-18-20(23)22-19(2)21(24)25;/h19H,3-18H2,1-2H3,(H,22,23)(H,24,25);. The van der Waals surface area contributed by atoms with Gasteiger partial charge < -0.3 is 10.4 Å². The molecule has 0 aliphatic carbocycles. The van der Waals surface area contributed by atoms with Crippen LogP contribution in [0.25, 0.3) is 0 Å². The van der Waals surface area contributed by atoms with Crippen molar-refractivity contribution >= 4 is 41.4 Å². The Morgan fingerprint density at radius 2 is 1.08 bits per heavy atom. The van der Waals surface area contributed by atoms with E-state index in [0.29, 0.717) is 6.42 Å². The normalized spacial score (nSPS) is 11.6. The third-order valence-corrected chi connectivity index (χ3v) is 4.76. The molecule has 0 saturated carbocycles. The number of aliphatic carboxylic acids is 1. The van der Waals surface area contributed by atoms with E-state index in [1.807, 2.05) is 0 Å². The molecule has 4 nitrogen and oxygen atoms in total. The van der Waals surface area contributed by atoms with Gasteiger partial charge >= 0.3 is 5.97 Å². The van der Waals surface area contributed by atoms with Crippen LogP contribution in [0.15, 0.2) is 0 Å². The average molecular weight is 379 g/mol. The van der Waals surface area contributed by atoms with Gasteiger partial charge in [-0.3, -0.25) is 9.59 Å². The summed E-state index contributed by atoms with van der Waals surface area (Å²) in [7, 11) is 0. The van der Waals surface area contributed by atoms with Crippen LogP contribution in [-0.2, 0) is 9.59 Å². The van der Waals surface area contributed by atoms with E-state index in [0.717, 1.165) is 12.8 Å². The molecule has 1 atom stereocenters. The van der Waals surface area contributed by atoms with Gasteiger partial charge in [-0.1, -0.05) is 96.8 Å². The zero-order valence-corrected chi connectivity index (χ0v) is 19.7. The van der Waals surface area contributed by atoms with E-state index in [1.54, 1.807) is 0 Å². The molecule has 2 N–H and O–H groups in total. The minimum absolute atomic E-state index is 0. The summed E-state index contributed by atoms with van der Waals surface area (Å²) in [6, 6.07) is -0.788. The summed E-state index contributed by atoms with van der Waals surface area (Å²) in [6.07, 6.45) is 20.0. The molecule has 0 aliphatic rings. The molecule has 0 bridgehead atoms. The summed E-state index contributed by atoms with van der Waals surface area (Å²) in [6.45, 7) is 3.76.